The molecular formula is C10H14N2O4. The van der Waals surface area contributed by atoms with Gasteiger partial charge in [-0.3, -0.25) is 4.79 Å². The minimum Gasteiger partial charge on any atom is -0.462 e. The second-order valence-corrected chi connectivity index (χ2v) is 3.14. The van der Waals surface area contributed by atoms with Gasteiger partial charge in [0, 0.05) is 7.05 Å². The summed E-state index contributed by atoms with van der Waals surface area (Å²) >= 11 is 0. The van der Waals surface area contributed by atoms with E-state index >= 15 is 0 Å². The fourth-order valence-corrected chi connectivity index (χ4v) is 1.24. The van der Waals surface area contributed by atoms with Crippen LogP contribution in [0, 0.1) is 6.92 Å². The highest BCUT2D eigenvalue weighted by Gasteiger charge is 2.22. The second kappa shape index (κ2) is 5.29. The number of aromatic nitrogens is 1. The molecule has 0 spiro atoms. The maximum Gasteiger partial charge on any atom is 0.343 e. The third-order valence-corrected chi connectivity index (χ3v) is 2.01. The van der Waals surface area contributed by atoms with Crippen LogP contribution < -0.4 is 5.32 Å². The van der Waals surface area contributed by atoms with Gasteiger partial charge in [0.05, 0.1) is 18.7 Å². The Morgan fingerprint density at radius 1 is 1.50 bits per heavy atom. The van der Waals surface area contributed by atoms with Crippen LogP contribution in [0.2, 0.25) is 0 Å². The lowest BCUT2D eigenvalue weighted by molar-refractivity contribution is -0.120. The molecule has 6 heteroatoms. The fraction of sp³-hybridized carbons (Fsp3) is 0.500. The van der Waals surface area contributed by atoms with E-state index in [4.69, 9.17) is 9.26 Å². The Morgan fingerprint density at radius 2 is 2.19 bits per heavy atom. The van der Waals surface area contributed by atoms with Crippen LogP contribution in [0.4, 0.5) is 0 Å². The molecule has 1 aromatic heterocycles. The number of carbonyl (C=O) groups is 2. The number of nitrogens with one attached hydrogen (secondary N) is 1. The predicted octanol–water partition coefficient (Wildman–Crippen LogP) is 0.448. The van der Waals surface area contributed by atoms with Gasteiger partial charge in [0.15, 0.2) is 5.76 Å². The number of aryl methyl sites for hydroxylation is 1. The van der Waals surface area contributed by atoms with E-state index in [0.717, 1.165) is 0 Å². The molecule has 0 radical (unpaired) electrons. The van der Waals surface area contributed by atoms with Gasteiger partial charge in [0.25, 0.3) is 0 Å². The van der Waals surface area contributed by atoms with Crippen molar-refractivity contribution < 1.29 is 18.8 Å². The van der Waals surface area contributed by atoms with Gasteiger partial charge in [0.2, 0.25) is 5.91 Å². The molecule has 1 amide bonds. The standard InChI is InChI=1S/C10H14N2O4/c1-4-15-10(14)9-6(2)12-16-7(9)5-8(13)11-3/h4-5H2,1-3H3,(H,11,13). The molecule has 0 aliphatic heterocycles. The molecule has 6 nitrogen and oxygen atoms in total. The van der Waals surface area contributed by atoms with Gasteiger partial charge in [-0.25, -0.2) is 4.79 Å². The molecule has 0 bridgehead atoms. The largest absolute Gasteiger partial charge is 0.462 e. The molecular weight excluding hydrogens is 212 g/mol. The Morgan fingerprint density at radius 3 is 2.75 bits per heavy atom. The van der Waals surface area contributed by atoms with E-state index in [9.17, 15) is 9.59 Å². The van der Waals surface area contributed by atoms with Crippen molar-refractivity contribution in [1.82, 2.24) is 10.5 Å². The van der Waals surface area contributed by atoms with Gasteiger partial charge >= 0.3 is 5.97 Å². The van der Waals surface area contributed by atoms with Crippen LogP contribution in [0.3, 0.4) is 0 Å². The summed E-state index contributed by atoms with van der Waals surface area (Å²) < 4.78 is 9.78. The van der Waals surface area contributed by atoms with Crippen molar-refractivity contribution in [3.63, 3.8) is 0 Å². The van der Waals surface area contributed by atoms with Gasteiger partial charge in [-0.15, -0.1) is 0 Å². The molecule has 88 valence electrons. The molecule has 0 aliphatic rings. The Labute approximate surface area is 92.9 Å². The second-order valence-electron chi connectivity index (χ2n) is 3.14. The molecule has 0 fully saturated rings. The highest BCUT2D eigenvalue weighted by Crippen LogP contribution is 2.15. The Bertz CT molecular complexity index is 398. The summed E-state index contributed by atoms with van der Waals surface area (Å²) in [5.41, 5.74) is 0.669. The summed E-state index contributed by atoms with van der Waals surface area (Å²) in [6, 6.07) is 0. The number of nitrogens with zero attached hydrogens (tertiary/aromatic N) is 1. The number of ether oxygens (including phenoxy) is 1. The Hall–Kier alpha value is -1.85. The Kier molecular flexibility index (Phi) is 4.04. The van der Waals surface area contributed by atoms with E-state index in [1.165, 1.54) is 7.05 Å². The zero-order chi connectivity index (χ0) is 12.1. The van der Waals surface area contributed by atoms with E-state index in [2.05, 4.69) is 10.5 Å². The third-order valence-electron chi connectivity index (χ3n) is 2.01. The van der Waals surface area contributed by atoms with Gasteiger partial charge < -0.3 is 14.6 Å². The van der Waals surface area contributed by atoms with Crippen LogP contribution in [0.15, 0.2) is 4.52 Å². The molecule has 1 aromatic rings. The first-order chi connectivity index (χ1) is 7.60. The lowest BCUT2D eigenvalue weighted by atomic mass is 10.1. The number of likely N-dealkylation sites (N-methyl/N-ethyl adjacent to an activating group) is 1. The number of amides is 1. The van der Waals surface area contributed by atoms with E-state index in [-0.39, 0.29) is 30.3 Å². The quantitative estimate of drug-likeness (QED) is 0.754. The number of esters is 1. The molecule has 0 saturated heterocycles. The monoisotopic (exact) mass is 226 g/mol. The summed E-state index contributed by atoms with van der Waals surface area (Å²) in [6.07, 6.45) is -0.0223. The molecule has 0 atom stereocenters. The first kappa shape index (κ1) is 12.2. The van der Waals surface area contributed by atoms with Gasteiger partial charge in [0.1, 0.15) is 5.56 Å². The lowest BCUT2D eigenvalue weighted by Crippen LogP contribution is -2.21. The van der Waals surface area contributed by atoms with E-state index < -0.39 is 5.97 Å². The Balaban J connectivity index is 2.93. The third kappa shape index (κ3) is 2.59. The highest BCUT2D eigenvalue weighted by atomic mass is 16.5. The predicted molar refractivity (Wildman–Crippen MR) is 55.0 cm³/mol. The molecule has 1 rings (SSSR count). The maximum absolute atomic E-state index is 11.6. The van der Waals surface area contributed by atoms with Gasteiger partial charge in [-0.2, -0.15) is 0 Å². The molecule has 1 N–H and O–H groups in total. The fourth-order valence-electron chi connectivity index (χ4n) is 1.24. The zero-order valence-electron chi connectivity index (χ0n) is 9.49. The molecule has 1 heterocycles. The van der Waals surface area contributed by atoms with Gasteiger partial charge in [-0.05, 0) is 13.8 Å². The van der Waals surface area contributed by atoms with Crippen LogP contribution >= 0.6 is 0 Å². The summed E-state index contributed by atoms with van der Waals surface area (Å²) in [6.45, 7) is 3.60. The van der Waals surface area contributed by atoms with Crippen LogP contribution in [-0.2, 0) is 16.0 Å². The average molecular weight is 226 g/mol. The molecule has 0 aliphatic carbocycles. The first-order valence-electron chi connectivity index (χ1n) is 4.93. The minimum atomic E-state index is -0.514. The molecule has 0 unspecified atom stereocenters. The van der Waals surface area contributed by atoms with Crippen molar-refractivity contribution in [1.29, 1.82) is 0 Å². The van der Waals surface area contributed by atoms with E-state index in [0.29, 0.717) is 5.69 Å². The van der Waals surface area contributed by atoms with Crippen LogP contribution in [0.25, 0.3) is 0 Å². The number of carbonyl (C=O) groups excluding carboxylic acids is 2. The summed E-state index contributed by atoms with van der Waals surface area (Å²) in [5, 5.41) is 6.09. The minimum absolute atomic E-state index is 0.0223. The zero-order valence-corrected chi connectivity index (χ0v) is 9.49. The van der Waals surface area contributed by atoms with Crippen molar-refractivity contribution in [3.8, 4) is 0 Å². The molecule has 0 saturated carbocycles. The average Bonchev–Trinajstić information content (AvgIpc) is 2.60. The summed E-state index contributed by atoms with van der Waals surface area (Å²) in [5.74, 6) is -0.530. The smallest absolute Gasteiger partial charge is 0.343 e. The molecule has 0 aromatic carbocycles. The number of hydrogen-bond acceptors (Lipinski definition) is 5. The van der Waals surface area contributed by atoms with E-state index in [1.807, 2.05) is 0 Å². The topological polar surface area (TPSA) is 81.4 Å². The number of hydrogen-bond donors (Lipinski definition) is 1. The summed E-state index contributed by atoms with van der Waals surface area (Å²) in [7, 11) is 1.51. The van der Waals surface area contributed by atoms with Crippen LogP contribution in [-0.4, -0.2) is 30.7 Å². The van der Waals surface area contributed by atoms with Crippen LogP contribution in [0.5, 0.6) is 0 Å². The van der Waals surface area contributed by atoms with Crippen molar-refractivity contribution in [3.05, 3.63) is 17.0 Å². The van der Waals surface area contributed by atoms with Crippen molar-refractivity contribution in [2.45, 2.75) is 20.3 Å². The maximum atomic E-state index is 11.6. The van der Waals surface area contributed by atoms with Crippen molar-refractivity contribution in [2.24, 2.45) is 0 Å². The first-order valence-corrected chi connectivity index (χ1v) is 4.93. The molecule has 16 heavy (non-hydrogen) atoms. The van der Waals surface area contributed by atoms with Crippen molar-refractivity contribution >= 4 is 11.9 Å². The highest BCUT2D eigenvalue weighted by molar-refractivity contribution is 5.93. The van der Waals surface area contributed by atoms with Crippen LogP contribution in [0.1, 0.15) is 28.7 Å². The van der Waals surface area contributed by atoms with Gasteiger partial charge in [-0.1, -0.05) is 5.16 Å². The lowest BCUT2D eigenvalue weighted by Gasteiger charge is -2.01. The summed E-state index contributed by atoms with van der Waals surface area (Å²) in [4.78, 5) is 22.7. The normalized spacial score (nSPS) is 9.94. The van der Waals surface area contributed by atoms with Crippen molar-refractivity contribution in [2.75, 3.05) is 13.7 Å². The number of rotatable bonds is 4. The SMILES string of the molecule is CCOC(=O)c1c(C)noc1CC(=O)NC. The van der Waals surface area contributed by atoms with E-state index in [1.54, 1.807) is 13.8 Å².